The number of hydrogen-bond acceptors (Lipinski definition) is 4. The lowest BCUT2D eigenvalue weighted by molar-refractivity contribution is -0.116. The minimum Gasteiger partial charge on any atom is -0.465 e. The number of hydrogen-bond donors (Lipinski definition) is 3. The molecule has 0 unspecified atom stereocenters. The average Bonchev–Trinajstić information content (AvgIpc) is 2.74. The van der Waals surface area contributed by atoms with Gasteiger partial charge in [-0.2, -0.15) is 0 Å². The van der Waals surface area contributed by atoms with Gasteiger partial charge in [-0.25, -0.2) is 9.59 Å². The lowest BCUT2D eigenvalue weighted by Gasteiger charge is -2.06. The molecule has 3 amide bonds. The summed E-state index contributed by atoms with van der Waals surface area (Å²) in [5.74, 6) is 5.56. The zero-order valence-corrected chi connectivity index (χ0v) is 16.9. The van der Waals surface area contributed by atoms with Gasteiger partial charge < -0.3 is 21.1 Å². The molecule has 0 aliphatic carbocycles. The van der Waals surface area contributed by atoms with Crippen molar-refractivity contribution in [2.75, 3.05) is 19.0 Å². The number of esters is 1. The van der Waals surface area contributed by atoms with Gasteiger partial charge >= 0.3 is 12.0 Å². The molecule has 0 bridgehead atoms. The molecule has 4 N–H and O–H groups in total. The monoisotopic (exact) mass is 407 g/mol. The van der Waals surface area contributed by atoms with Crippen molar-refractivity contribution in [2.24, 2.45) is 5.73 Å². The fourth-order valence-corrected chi connectivity index (χ4v) is 2.68. The van der Waals surface area contributed by atoms with Gasteiger partial charge in [0.05, 0.1) is 12.7 Å². The van der Waals surface area contributed by atoms with Crippen LogP contribution in [0.4, 0.5) is 10.5 Å². The van der Waals surface area contributed by atoms with E-state index in [2.05, 4.69) is 22.5 Å². The van der Waals surface area contributed by atoms with Crippen LogP contribution in [0.1, 0.15) is 47.2 Å². The normalized spacial score (nSPS) is 9.77. The van der Waals surface area contributed by atoms with Crippen LogP contribution in [0.3, 0.4) is 0 Å². The molecule has 2 rings (SSSR count). The van der Waals surface area contributed by atoms with E-state index in [9.17, 15) is 14.4 Å². The van der Waals surface area contributed by atoms with Gasteiger partial charge in [0.2, 0.25) is 5.91 Å². The predicted molar refractivity (Wildman–Crippen MR) is 115 cm³/mol. The highest BCUT2D eigenvalue weighted by atomic mass is 16.5. The van der Waals surface area contributed by atoms with E-state index in [1.807, 2.05) is 18.2 Å². The zero-order valence-electron chi connectivity index (χ0n) is 16.9. The molecule has 0 fully saturated rings. The Morgan fingerprint density at radius 1 is 0.967 bits per heavy atom. The maximum absolute atomic E-state index is 12.1. The summed E-state index contributed by atoms with van der Waals surface area (Å²) in [5, 5.41) is 5.38. The number of ether oxygens (including phenoxy) is 1. The molecule has 30 heavy (non-hydrogen) atoms. The van der Waals surface area contributed by atoms with Crippen molar-refractivity contribution in [2.45, 2.75) is 25.7 Å². The third-order valence-corrected chi connectivity index (χ3v) is 4.16. The van der Waals surface area contributed by atoms with Gasteiger partial charge in [-0.05, 0) is 49.2 Å². The number of anilines is 1. The van der Waals surface area contributed by atoms with E-state index in [4.69, 9.17) is 10.5 Å². The van der Waals surface area contributed by atoms with E-state index >= 15 is 0 Å². The van der Waals surface area contributed by atoms with Crippen molar-refractivity contribution in [1.82, 2.24) is 5.32 Å². The number of unbranched alkanes of at least 4 members (excludes halogenated alkanes) is 2. The smallest absolute Gasteiger partial charge is 0.337 e. The fraction of sp³-hybridized carbons (Fsp3) is 0.261. The topological polar surface area (TPSA) is 111 Å². The SMILES string of the molecule is COC(=O)c1cccc(C#Cc2cccc(NC(=O)CCCCCNC(N)=O)c2)c1. The molecule has 0 atom stereocenters. The Kier molecular flexibility index (Phi) is 8.94. The molecular formula is C23H25N3O4. The molecule has 0 saturated heterocycles. The van der Waals surface area contributed by atoms with Gasteiger partial charge in [-0.15, -0.1) is 0 Å². The molecule has 2 aromatic carbocycles. The molecule has 7 nitrogen and oxygen atoms in total. The van der Waals surface area contributed by atoms with E-state index in [0.29, 0.717) is 29.8 Å². The van der Waals surface area contributed by atoms with Crippen LogP contribution in [0.15, 0.2) is 48.5 Å². The molecule has 0 aromatic heterocycles. The number of rotatable bonds is 8. The van der Waals surface area contributed by atoms with Gasteiger partial charge in [0.25, 0.3) is 0 Å². The van der Waals surface area contributed by atoms with Crippen molar-refractivity contribution < 1.29 is 19.1 Å². The molecule has 0 spiro atoms. The summed E-state index contributed by atoms with van der Waals surface area (Å²) in [6.07, 6.45) is 2.72. The summed E-state index contributed by atoms with van der Waals surface area (Å²) >= 11 is 0. The Hall–Kier alpha value is -3.79. The fourth-order valence-electron chi connectivity index (χ4n) is 2.68. The second-order valence-electron chi connectivity index (χ2n) is 6.55. The van der Waals surface area contributed by atoms with Crippen molar-refractivity contribution in [3.05, 3.63) is 65.2 Å². The van der Waals surface area contributed by atoms with E-state index in [-0.39, 0.29) is 5.91 Å². The first-order valence-electron chi connectivity index (χ1n) is 9.61. The number of carbonyl (C=O) groups is 3. The Bertz CT molecular complexity index is 960. The highest BCUT2D eigenvalue weighted by Crippen LogP contribution is 2.12. The summed E-state index contributed by atoms with van der Waals surface area (Å²) in [6.45, 7) is 0.514. The van der Waals surface area contributed by atoms with E-state index in [1.165, 1.54) is 7.11 Å². The first-order valence-corrected chi connectivity index (χ1v) is 9.61. The first kappa shape index (κ1) is 22.5. The van der Waals surface area contributed by atoms with Crippen LogP contribution in [0.2, 0.25) is 0 Å². The highest BCUT2D eigenvalue weighted by molar-refractivity contribution is 5.91. The molecule has 156 valence electrons. The van der Waals surface area contributed by atoms with Gasteiger partial charge in [0, 0.05) is 29.8 Å². The summed E-state index contributed by atoms with van der Waals surface area (Å²) in [7, 11) is 1.34. The summed E-state index contributed by atoms with van der Waals surface area (Å²) in [6, 6.07) is 13.6. The van der Waals surface area contributed by atoms with Crippen molar-refractivity contribution in [1.29, 1.82) is 0 Å². The molecule has 0 aliphatic heterocycles. The molecule has 7 heteroatoms. The zero-order chi connectivity index (χ0) is 21.8. The van der Waals surface area contributed by atoms with Crippen molar-refractivity contribution in [3.63, 3.8) is 0 Å². The quantitative estimate of drug-likeness (QED) is 0.355. The molecule has 0 heterocycles. The third kappa shape index (κ3) is 8.07. The Morgan fingerprint density at radius 2 is 1.67 bits per heavy atom. The van der Waals surface area contributed by atoms with Crippen LogP contribution in [-0.4, -0.2) is 31.6 Å². The van der Waals surface area contributed by atoms with Crippen LogP contribution >= 0.6 is 0 Å². The second kappa shape index (κ2) is 11.9. The number of carbonyl (C=O) groups excluding carboxylic acids is 3. The van der Waals surface area contributed by atoms with E-state index in [0.717, 1.165) is 24.8 Å². The second-order valence-corrected chi connectivity index (χ2v) is 6.55. The van der Waals surface area contributed by atoms with Gasteiger partial charge in [-0.1, -0.05) is 30.4 Å². The van der Waals surface area contributed by atoms with Gasteiger partial charge in [0.15, 0.2) is 0 Å². The standard InChI is InChI=1S/C23H25N3O4/c1-30-22(28)19-9-5-7-17(15-19)12-13-18-8-6-10-20(16-18)26-21(27)11-3-2-4-14-25-23(24)29/h5-10,15-16H,2-4,11,14H2,1H3,(H,26,27)(H3,24,25,29). The van der Waals surface area contributed by atoms with Crippen LogP contribution in [-0.2, 0) is 9.53 Å². The van der Waals surface area contributed by atoms with Gasteiger partial charge in [-0.3, -0.25) is 4.79 Å². The highest BCUT2D eigenvalue weighted by Gasteiger charge is 2.05. The van der Waals surface area contributed by atoms with Gasteiger partial charge in [0.1, 0.15) is 0 Å². The first-order chi connectivity index (χ1) is 14.5. The van der Waals surface area contributed by atoms with Crippen LogP contribution in [0.5, 0.6) is 0 Å². The van der Waals surface area contributed by atoms with E-state index < -0.39 is 12.0 Å². The minimum atomic E-state index is -0.535. The molecular weight excluding hydrogens is 382 g/mol. The Labute approximate surface area is 176 Å². The number of methoxy groups -OCH3 is 1. The minimum absolute atomic E-state index is 0.0752. The number of nitrogens with one attached hydrogen (secondary N) is 2. The number of nitrogens with two attached hydrogens (primary N) is 1. The van der Waals surface area contributed by atoms with Crippen LogP contribution in [0.25, 0.3) is 0 Å². The largest absolute Gasteiger partial charge is 0.465 e. The van der Waals surface area contributed by atoms with Crippen LogP contribution < -0.4 is 16.4 Å². The molecule has 0 radical (unpaired) electrons. The van der Waals surface area contributed by atoms with Crippen molar-refractivity contribution in [3.8, 4) is 11.8 Å². The lowest BCUT2D eigenvalue weighted by atomic mass is 10.1. The Morgan fingerprint density at radius 3 is 2.37 bits per heavy atom. The number of benzene rings is 2. The summed E-state index contributed by atoms with van der Waals surface area (Å²) in [5.41, 5.74) is 7.54. The summed E-state index contributed by atoms with van der Waals surface area (Å²) in [4.78, 5) is 34.3. The number of amides is 3. The lowest BCUT2D eigenvalue weighted by Crippen LogP contribution is -2.29. The predicted octanol–water partition coefficient (Wildman–Crippen LogP) is 3.04. The molecule has 2 aromatic rings. The average molecular weight is 407 g/mol. The third-order valence-electron chi connectivity index (χ3n) is 4.16. The Balaban J connectivity index is 1.88. The molecule has 0 aliphatic rings. The molecule has 0 saturated carbocycles. The summed E-state index contributed by atoms with van der Waals surface area (Å²) < 4.78 is 4.71. The number of primary amides is 1. The van der Waals surface area contributed by atoms with E-state index in [1.54, 1.807) is 30.3 Å². The number of urea groups is 1. The van der Waals surface area contributed by atoms with Crippen molar-refractivity contribution >= 4 is 23.6 Å². The maximum atomic E-state index is 12.1. The maximum Gasteiger partial charge on any atom is 0.337 e. The van der Waals surface area contributed by atoms with Crippen LogP contribution in [0, 0.1) is 11.8 Å².